The van der Waals surface area contributed by atoms with Gasteiger partial charge in [-0.2, -0.15) is 0 Å². The molecular weight excluding hydrogens is 166 g/mol. The molecule has 6 heteroatoms. The molecule has 0 heterocycles. The van der Waals surface area contributed by atoms with E-state index in [9.17, 15) is 9.59 Å². The molecule has 0 aliphatic rings. The summed E-state index contributed by atoms with van der Waals surface area (Å²) in [5.41, 5.74) is 1.76. The standard InChI is InChI=1S/C6H11NO5/c1-4(10-2)5(8)12-7-6(9)11-3/h4H,1-3H3,(H,7,9). The van der Waals surface area contributed by atoms with E-state index in [0.717, 1.165) is 7.11 Å². The zero-order valence-electron chi connectivity index (χ0n) is 7.12. The lowest BCUT2D eigenvalue weighted by atomic mass is 10.4. The van der Waals surface area contributed by atoms with Crippen molar-refractivity contribution in [3.63, 3.8) is 0 Å². The number of carbonyl (C=O) groups is 2. The summed E-state index contributed by atoms with van der Waals surface area (Å²) in [6.07, 6.45) is -1.56. The van der Waals surface area contributed by atoms with E-state index >= 15 is 0 Å². The third kappa shape index (κ3) is 3.77. The van der Waals surface area contributed by atoms with Crippen LogP contribution in [0.5, 0.6) is 0 Å². The lowest BCUT2D eigenvalue weighted by Crippen LogP contribution is -2.32. The molecule has 0 saturated carbocycles. The topological polar surface area (TPSA) is 73.9 Å². The van der Waals surface area contributed by atoms with E-state index in [2.05, 4.69) is 14.3 Å². The van der Waals surface area contributed by atoms with Gasteiger partial charge in [-0.15, -0.1) is 5.48 Å². The van der Waals surface area contributed by atoms with E-state index in [0.29, 0.717) is 0 Å². The number of hydrogen-bond donors (Lipinski definition) is 1. The smallest absolute Gasteiger partial charge is 0.440 e. The summed E-state index contributed by atoms with van der Waals surface area (Å²) in [6, 6.07) is 0. The Kier molecular flexibility index (Phi) is 4.78. The maximum Gasteiger partial charge on any atom is 0.440 e. The molecule has 0 saturated heterocycles. The summed E-state index contributed by atoms with van der Waals surface area (Å²) in [5, 5.41) is 0. The Morgan fingerprint density at radius 1 is 1.33 bits per heavy atom. The molecule has 1 amide bonds. The normalized spacial score (nSPS) is 11.6. The molecule has 1 N–H and O–H groups in total. The van der Waals surface area contributed by atoms with Crippen LogP contribution in [0.1, 0.15) is 6.92 Å². The molecule has 70 valence electrons. The van der Waals surface area contributed by atoms with Crippen LogP contribution in [0.4, 0.5) is 4.79 Å². The molecule has 0 radical (unpaired) electrons. The van der Waals surface area contributed by atoms with Gasteiger partial charge in [0.15, 0.2) is 6.10 Å². The molecule has 0 spiro atoms. The number of carbonyl (C=O) groups excluding carboxylic acids is 2. The zero-order valence-corrected chi connectivity index (χ0v) is 7.12. The van der Waals surface area contributed by atoms with Crippen LogP contribution in [0.3, 0.4) is 0 Å². The Hall–Kier alpha value is -1.30. The quantitative estimate of drug-likeness (QED) is 0.593. The van der Waals surface area contributed by atoms with Gasteiger partial charge < -0.3 is 14.3 Å². The van der Waals surface area contributed by atoms with Gasteiger partial charge >= 0.3 is 12.1 Å². The Balaban J connectivity index is 3.64. The molecule has 12 heavy (non-hydrogen) atoms. The van der Waals surface area contributed by atoms with Gasteiger partial charge in [-0.25, -0.2) is 9.59 Å². The highest BCUT2D eigenvalue weighted by Gasteiger charge is 2.14. The van der Waals surface area contributed by atoms with Crippen molar-refractivity contribution in [3.05, 3.63) is 0 Å². The molecule has 0 aromatic heterocycles. The molecular formula is C6H11NO5. The molecule has 0 fully saturated rings. The third-order valence-electron chi connectivity index (χ3n) is 1.11. The first kappa shape index (κ1) is 10.7. The highest BCUT2D eigenvalue weighted by Crippen LogP contribution is 1.89. The molecule has 0 rings (SSSR count). The number of hydrogen-bond acceptors (Lipinski definition) is 5. The fourth-order valence-corrected chi connectivity index (χ4v) is 0.313. The van der Waals surface area contributed by atoms with Crippen molar-refractivity contribution in [1.29, 1.82) is 0 Å². The van der Waals surface area contributed by atoms with Crippen molar-refractivity contribution in [2.45, 2.75) is 13.0 Å². The van der Waals surface area contributed by atoms with E-state index in [1.54, 1.807) is 5.48 Å². The van der Waals surface area contributed by atoms with Crippen LogP contribution in [-0.4, -0.2) is 32.4 Å². The maximum absolute atomic E-state index is 10.8. The first-order valence-corrected chi connectivity index (χ1v) is 3.19. The minimum Gasteiger partial charge on any atom is -0.451 e. The largest absolute Gasteiger partial charge is 0.451 e. The van der Waals surface area contributed by atoms with Gasteiger partial charge in [0, 0.05) is 7.11 Å². The van der Waals surface area contributed by atoms with Crippen LogP contribution in [0, 0.1) is 0 Å². The number of nitrogens with one attached hydrogen (secondary N) is 1. The third-order valence-corrected chi connectivity index (χ3v) is 1.11. The van der Waals surface area contributed by atoms with Crippen molar-refractivity contribution in [1.82, 2.24) is 5.48 Å². The second kappa shape index (κ2) is 5.36. The molecule has 0 aromatic rings. The minimum absolute atomic E-state index is 0.692. The van der Waals surface area contributed by atoms with E-state index in [-0.39, 0.29) is 0 Å². The molecule has 1 unspecified atom stereocenters. The number of amides is 1. The zero-order chi connectivity index (χ0) is 9.56. The fraction of sp³-hybridized carbons (Fsp3) is 0.667. The Labute approximate surface area is 69.7 Å². The Bertz CT molecular complexity index is 169. The lowest BCUT2D eigenvalue weighted by Gasteiger charge is -2.08. The Morgan fingerprint density at radius 2 is 1.92 bits per heavy atom. The fourth-order valence-electron chi connectivity index (χ4n) is 0.313. The highest BCUT2D eigenvalue weighted by atomic mass is 16.7. The van der Waals surface area contributed by atoms with Gasteiger partial charge in [0.25, 0.3) is 0 Å². The first-order valence-electron chi connectivity index (χ1n) is 3.19. The molecule has 0 aliphatic carbocycles. The second-order valence-corrected chi connectivity index (χ2v) is 1.89. The summed E-state index contributed by atoms with van der Waals surface area (Å²) in [6.45, 7) is 1.49. The number of methoxy groups -OCH3 is 2. The predicted octanol–water partition coefficient (Wildman–Crippen LogP) is -0.165. The predicted molar refractivity (Wildman–Crippen MR) is 38.1 cm³/mol. The summed E-state index contributed by atoms with van der Waals surface area (Å²) < 4.78 is 8.76. The molecule has 6 nitrogen and oxygen atoms in total. The van der Waals surface area contributed by atoms with E-state index in [4.69, 9.17) is 0 Å². The van der Waals surface area contributed by atoms with Gasteiger partial charge in [0.05, 0.1) is 7.11 Å². The Morgan fingerprint density at radius 3 is 2.33 bits per heavy atom. The lowest BCUT2D eigenvalue weighted by molar-refractivity contribution is -0.160. The van der Waals surface area contributed by atoms with Crippen molar-refractivity contribution >= 4 is 12.1 Å². The van der Waals surface area contributed by atoms with Gasteiger partial charge in [-0.05, 0) is 6.92 Å². The second-order valence-electron chi connectivity index (χ2n) is 1.89. The monoisotopic (exact) mass is 177 g/mol. The summed E-state index contributed by atoms with van der Waals surface area (Å²) in [7, 11) is 2.51. The van der Waals surface area contributed by atoms with Crippen LogP contribution >= 0.6 is 0 Å². The number of hydroxylamine groups is 1. The SMILES string of the molecule is COC(=O)NOC(=O)C(C)OC. The van der Waals surface area contributed by atoms with Gasteiger partial charge in [-0.3, -0.25) is 0 Å². The summed E-state index contributed by atoms with van der Waals surface area (Å²) in [4.78, 5) is 25.4. The first-order chi connectivity index (χ1) is 5.61. The molecule has 1 atom stereocenters. The van der Waals surface area contributed by atoms with Crippen LogP contribution in [-0.2, 0) is 19.1 Å². The van der Waals surface area contributed by atoms with E-state index < -0.39 is 18.2 Å². The minimum atomic E-state index is -0.841. The van der Waals surface area contributed by atoms with E-state index in [1.165, 1.54) is 14.0 Å². The van der Waals surface area contributed by atoms with Crippen LogP contribution in [0.2, 0.25) is 0 Å². The van der Waals surface area contributed by atoms with Gasteiger partial charge in [0.2, 0.25) is 0 Å². The van der Waals surface area contributed by atoms with Crippen molar-refractivity contribution in [2.24, 2.45) is 0 Å². The van der Waals surface area contributed by atoms with Crippen LogP contribution < -0.4 is 5.48 Å². The number of ether oxygens (including phenoxy) is 2. The maximum atomic E-state index is 10.8. The highest BCUT2D eigenvalue weighted by molar-refractivity contribution is 5.76. The molecule has 0 aliphatic heterocycles. The van der Waals surface area contributed by atoms with Gasteiger partial charge in [-0.1, -0.05) is 0 Å². The van der Waals surface area contributed by atoms with Crippen LogP contribution in [0.15, 0.2) is 0 Å². The van der Waals surface area contributed by atoms with E-state index in [1.807, 2.05) is 0 Å². The van der Waals surface area contributed by atoms with Crippen molar-refractivity contribution in [2.75, 3.05) is 14.2 Å². The summed E-state index contributed by atoms with van der Waals surface area (Å²) >= 11 is 0. The van der Waals surface area contributed by atoms with Crippen molar-refractivity contribution in [3.8, 4) is 0 Å². The van der Waals surface area contributed by atoms with Gasteiger partial charge in [0.1, 0.15) is 0 Å². The van der Waals surface area contributed by atoms with Crippen LogP contribution in [0.25, 0.3) is 0 Å². The molecule has 0 aromatic carbocycles. The number of rotatable bonds is 2. The summed E-state index contributed by atoms with van der Waals surface area (Å²) in [5.74, 6) is -0.692. The average Bonchev–Trinajstić information content (AvgIpc) is 2.11. The average molecular weight is 177 g/mol. The van der Waals surface area contributed by atoms with Crippen molar-refractivity contribution < 1.29 is 23.9 Å². The molecule has 0 bridgehead atoms.